The van der Waals surface area contributed by atoms with Crippen LogP contribution in [0.15, 0.2) is 30.3 Å². The maximum absolute atomic E-state index is 3.68. The van der Waals surface area contributed by atoms with Gasteiger partial charge in [0, 0.05) is 25.2 Å². The van der Waals surface area contributed by atoms with E-state index < -0.39 is 0 Å². The van der Waals surface area contributed by atoms with Gasteiger partial charge < -0.3 is 10.2 Å². The summed E-state index contributed by atoms with van der Waals surface area (Å²) in [6, 6.07) is 12.1. The van der Waals surface area contributed by atoms with Gasteiger partial charge in [0.2, 0.25) is 0 Å². The van der Waals surface area contributed by atoms with Crippen molar-refractivity contribution < 1.29 is 0 Å². The molecule has 1 fully saturated rings. The minimum Gasteiger partial charge on any atom is -0.311 e. The van der Waals surface area contributed by atoms with E-state index in [2.05, 4.69) is 61.4 Å². The Morgan fingerprint density at radius 2 is 2.00 bits per heavy atom. The highest BCUT2D eigenvalue weighted by atomic mass is 15.2. The van der Waals surface area contributed by atoms with Crippen molar-refractivity contribution in [3.63, 3.8) is 0 Å². The van der Waals surface area contributed by atoms with Crippen LogP contribution in [-0.4, -0.2) is 37.1 Å². The second kappa shape index (κ2) is 5.65. The van der Waals surface area contributed by atoms with Gasteiger partial charge in [-0.15, -0.1) is 0 Å². The second-order valence-corrected chi connectivity index (χ2v) is 5.54. The Balaban J connectivity index is 1.92. The van der Waals surface area contributed by atoms with Crippen LogP contribution >= 0.6 is 0 Å². The molecule has 2 atom stereocenters. The van der Waals surface area contributed by atoms with Crippen molar-refractivity contribution in [2.24, 2.45) is 5.92 Å². The highest BCUT2D eigenvalue weighted by molar-refractivity contribution is 5.16. The van der Waals surface area contributed by atoms with Gasteiger partial charge in [0.05, 0.1) is 0 Å². The quantitative estimate of drug-likeness (QED) is 0.859. The molecule has 1 saturated heterocycles. The van der Waals surface area contributed by atoms with Gasteiger partial charge in [-0.3, -0.25) is 0 Å². The van der Waals surface area contributed by atoms with Gasteiger partial charge in [-0.1, -0.05) is 44.2 Å². The summed E-state index contributed by atoms with van der Waals surface area (Å²) in [4.78, 5) is 2.51. The van der Waals surface area contributed by atoms with Gasteiger partial charge in [-0.05, 0) is 24.9 Å². The minimum absolute atomic E-state index is 0.632. The Morgan fingerprint density at radius 3 is 2.59 bits per heavy atom. The fraction of sp³-hybridized carbons (Fsp3) is 0.600. The third-order valence-electron chi connectivity index (χ3n) is 3.84. The highest BCUT2D eigenvalue weighted by Crippen LogP contribution is 2.14. The van der Waals surface area contributed by atoms with E-state index in [4.69, 9.17) is 0 Å². The molecule has 1 aromatic carbocycles. The molecule has 0 spiro atoms. The SMILES string of the molecule is CC(C)C1CN(C)C(Cc2ccccc2)CN1. The summed E-state index contributed by atoms with van der Waals surface area (Å²) in [6.45, 7) is 6.86. The number of likely N-dealkylation sites (N-methyl/N-ethyl adjacent to an activating group) is 1. The van der Waals surface area contributed by atoms with Crippen molar-refractivity contribution in [2.45, 2.75) is 32.4 Å². The molecule has 1 heterocycles. The van der Waals surface area contributed by atoms with Crippen LogP contribution in [0.4, 0.5) is 0 Å². The van der Waals surface area contributed by atoms with Gasteiger partial charge in [0.15, 0.2) is 0 Å². The fourth-order valence-electron chi connectivity index (χ4n) is 2.53. The molecular weight excluding hydrogens is 208 g/mol. The van der Waals surface area contributed by atoms with Gasteiger partial charge in [-0.2, -0.15) is 0 Å². The predicted octanol–water partition coefficient (Wildman–Crippen LogP) is 2.16. The topological polar surface area (TPSA) is 15.3 Å². The van der Waals surface area contributed by atoms with Crippen LogP contribution in [0.25, 0.3) is 0 Å². The molecule has 2 unspecified atom stereocenters. The van der Waals surface area contributed by atoms with Crippen LogP contribution in [0.1, 0.15) is 19.4 Å². The molecule has 0 saturated carbocycles. The van der Waals surface area contributed by atoms with Crippen LogP contribution in [-0.2, 0) is 6.42 Å². The first-order valence-electron chi connectivity index (χ1n) is 6.64. The molecule has 1 aliphatic rings. The Bertz CT molecular complexity index is 334. The average molecular weight is 232 g/mol. The predicted molar refractivity (Wildman–Crippen MR) is 73.2 cm³/mol. The first-order valence-corrected chi connectivity index (χ1v) is 6.64. The Kier molecular flexibility index (Phi) is 4.19. The van der Waals surface area contributed by atoms with E-state index in [1.165, 1.54) is 5.56 Å². The Labute approximate surface area is 105 Å². The zero-order valence-corrected chi connectivity index (χ0v) is 11.2. The van der Waals surface area contributed by atoms with Crippen molar-refractivity contribution in [1.82, 2.24) is 10.2 Å². The molecule has 94 valence electrons. The molecule has 1 N–H and O–H groups in total. The molecule has 17 heavy (non-hydrogen) atoms. The van der Waals surface area contributed by atoms with E-state index in [-0.39, 0.29) is 0 Å². The number of hydrogen-bond acceptors (Lipinski definition) is 2. The molecule has 0 aromatic heterocycles. The van der Waals surface area contributed by atoms with Gasteiger partial charge in [0.25, 0.3) is 0 Å². The smallest absolute Gasteiger partial charge is 0.0258 e. The van der Waals surface area contributed by atoms with Crippen LogP contribution in [0, 0.1) is 5.92 Å². The zero-order chi connectivity index (χ0) is 12.3. The summed E-state index contributed by atoms with van der Waals surface area (Å²) in [5, 5.41) is 3.68. The second-order valence-electron chi connectivity index (χ2n) is 5.54. The van der Waals surface area contributed by atoms with Crippen LogP contribution in [0.5, 0.6) is 0 Å². The summed E-state index contributed by atoms with van der Waals surface area (Å²) in [5.74, 6) is 0.718. The van der Waals surface area contributed by atoms with Crippen LogP contribution in [0.3, 0.4) is 0 Å². The molecular formula is C15H24N2. The summed E-state index contributed by atoms with van der Waals surface area (Å²) in [7, 11) is 2.25. The molecule has 1 aliphatic heterocycles. The third kappa shape index (κ3) is 3.30. The zero-order valence-electron chi connectivity index (χ0n) is 11.2. The van der Waals surface area contributed by atoms with E-state index in [0.29, 0.717) is 12.1 Å². The van der Waals surface area contributed by atoms with Gasteiger partial charge >= 0.3 is 0 Å². The monoisotopic (exact) mass is 232 g/mol. The number of benzene rings is 1. The normalized spacial score (nSPS) is 26.4. The molecule has 2 heteroatoms. The summed E-state index contributed by atoms with van der Waals surface area (Å²) < 4.78 is 0. The summed E-state index contributed by atoms with van der Waals surface area (Å²) in [6.07, 6.45) is 1.15. The Hall–Kier alpha value is -0.860. The van der Waals surface area contributed by atoms with E-state index >= 15 is 0 Å². The minimum atomic E-state index is 0.632. The van der Waals surface area contributed by atoms with Crippen molar-refractivity contribution in [3.8, 4) is 0 Å². The lowest BCUT2D eigenvalue weighted by Crippen LogP contribution is -2.57. The molecule has 0 bridgehead atoms. The molecule has 1 aromatic rings. The maximum Gasteiger partial charge on any atom is 0.0258 e. The average Bonchev–Trinajstić information content (AvgIpc) is 2.33. The van der Waals surface area contributed by atoms with E-state index in [1.807, 2.05) is 0 Å². The van der Waals surface area contributed by atoms with Crippen LogP contribution < -0.4 is 5.32 Å². The number of piperazine rings is 1. The summed E-state index contributed by atoms with van der Waals surface area (Å²) >= 11 is 0. The standard InChI is InChI=1S/C15H24N2/c1-12(2)15-11-17(3)14(10-16-15)9-13-7-5-4-6-8-13/h4-8,12,14-16H,9-11H2,1-3H3. The molecule has 0 radical (unpaired) electrons. The van der Waals surface area contributed by atoms with E-state index in [1.54, 1.807) is 0 Å². The number of hydrogen-bond donors (Lipinski definition) is 1. The van der Waals surface area contributed by atoms with Crippen LogP contribution in [0.2, 0.25) is 0 Å². The van der Waals surface area contributed by atoms with E-state index in [9.17, 15) is 0 Å². The van der Waals surface area contributed by atoms with Crippen molar-refractivity contribution in [2.75, 3.05) is 20.1 Å². The van der Waals surface area contributed by atoms with Crippen molar-refractivity contribution in [1.29, 1.82) is 0 Å². The van der Waals surface area contributed by atoms with E-state index in [0.717, 1.165) is 25.4 Å². The number of nitrogens with one attached hydrogen (secondary N) is 1. The largest absolute Gasteiger partial charge is 0.311 e. The molecule has 2 rings (SSSR count). The molecule has 0 amide bonds. The molecule has 0 aliphatic carbocycles. The number of nitrogens with zero attached hydrogens (tertiary/aromatic N) is 1. The lowest BCUT2D eigenvalue weighted by Gasteiger charge is -2.39. The van der Waals surface area contributed by atoms with Gasteiger partial charge in [0.1, 0.15) is 0 Å². The highest BCUT2D eigenvalue weighted by Gasteiger charge is 2.26. The fourth-order valence-corrected chi connectivity index (χ4v) is 2.53. The van der Waals surface area contributed by atoms with Gasteiger partial charge in [-0.25, -0.2) is 0 Å². The van der Waals surface area contributed by atoms with Crippen molar-refractivity contribution >= 4 is 0 Å². The lowest BCUT2D eigenvalue weighted by molar-refractivity contribution is 0.142. The number of rotatable bonds is 3. The lowest BCUT2D eigenvalue weighted by atomic mass is 9.97. The first-order chi connectivity index (χ1) is 8.16. The van der Waals surface area contributed by atoms with Crippen molar-refractivity contribution in [3.05, 3.63) is 35.9 Å². The first kappa shape index (κ1) is 12.6. The molecule has 2 nitrogen and oxygen atoms in total. The third-order valence-corrected chi connectivity index (χ3v) is 3.84. The Morgan fingerprint density at radius 1 is 1.29 bits per heavy atom. The summed E-state index contributed by atoms with van der Waals surface area (Å²) in [5.41, 5.74) is 1.44. The maximum atomic E-state index is 3.68.